The number of carbonyl (C=O) groups is 2. The molecule has 0 aromatic heterocycles. The van der Waals surface area contributed by atoms with Gasteiger partial charge in [0.25, 0.3) is 0 Å². The van der Waals surface area contributed by atoms with Crippen molar-refractivity contribution in [1.82, 2.24) is 9.91 Å². The van der Waals surface area contributed by atoms with Crippen molar-refractivity contribution in [3.63, 3.8) is 0 Å². The molecule has 0 fully saturated rings. The van der Waals surface area contributed by atoms with E-state index in [1.165, 1.54) is 12.0 Å². The van der Waals surface area contributed by atoms with Gasteiger partial charge in [0.2, 0.25) is 0 Å². The fraction of sp³-hybridized carbons (Fsp3) is 0.833. The molecule has 7 heteroatoms. The molecule has 2 atom stereocenters. The molecule has 7 nitrogen and oxygen atoms in total. The van der Waals surface area contributed by atoms with E-state index in [9.17, 15) is 9.59 Å². The van der Waals surface area contributed by atoms with Crippen LogP contribution in [0.4, 0.5) is 4.79 Å². The summed E-state index contributed by atoms with van der Waals surface area (Å²) in [4.78, 5) is 23.9. The van der Waals surface area contributed by atoms with Crippen LogP contribution >= 0.6 is 0 Å². The number of methoxy groups -OCH3 is 1. The Hall–Kier alpha value is -1.34. The highest BCUT2D eigenvalue weighted by atomic mass is 16.6. The van der Waals surface area contributed by atoms with Crippen LogP contribution in [0.1, 0.15) is 13.8 Å². The molecule has 0 aliphatic rings. The number of hydrazine groups is 1. The van der Waals surface area contributed by atoms with Crippen LogP contribution in [0.25, 0.3) is 0 Å². The minimum absolute atomic E-state index is 0.265. The van der Waals surface area contributed by atoms with E-state index in [0.29, 0.717) is 12.5 Å². The average molecular weight is 275 g/mol. The lowest BCUT2D eigenvalue weighted by Gasteiger charge is -2.27. The zero-order chi connectivity index (χ0) is 15.0. The third-order valence-electron chi connectivity index (χ3n) is 2.96. The first-order chi connectivity index (χ1) is 8.77. The Kier molecular flexibility index (Phi) is 8.09. The predicted octanol–water partition coefficient (Wildman–Crippen LogP) is 0.306. The minimum Gasteiger partial charge on any atom is -0.466 e. The van der Waals surface area contributed by atoms with Gasteiger partial charge in [0.05, 0.1) is 7.11 Å². The van der Waals surface area contributed by atoms with E-state index in [4.69, 9.17) is 10.6 Å². The van der Waals surface area contributed by atoms with Gasteiger partial charge in [0, 0.05) is 27.2 Å². The van der Waals surface area contributed by atoms with E-state index in [1.807, 2.05) is 6.92 Å². The van der Waals surface area contributed by atoms with Crippen molar-refractivity contribution in [2.45, 2.75) is 13.8 Å². The van der Waals surface area contributed by atoms with Crippen LogP contribution in [0.3, 0.4) is 0 Å². The van der Waals surface area contributed by atoms with Crippen molar-refractivity contribution in [3.8, 4) is 0 Å². The van der Waals surface area contributed by atoms with E-state index in [1.54, 1.807) is 19.1 Å². The Morgan fingerprint density at radius 2 is 1.68 bits per heavy atom. The van der Waals surface area contributed by atoms with Crippen LogP contribution < -0.4 is 5.84 Å². The van der Waals surface area contributed by atoms with Crippen LogP contribution in [0.5, 0.6) is 0 Å². The fourth-order valence-corrected chi connectivity index (χ4v) is 1.61. The Morgan fingerprint density at radius 1 is 1.16 bits per heavy atom. The number of carbonyl (C=O) groups excluding carboxylic acids is 2. The summed E-state index contributed by atoms with van der Waals surface area (Å²) in [6, 6.07) is 0. The second-order valence-corrected chi connectivity index (χ2v) is 4.91. The molecule has 0 aliphatic heterocycles. The molecule has 0 aliphatic carbocycles. The zero-order valence-corrected chi connectivity index (χ0v) is 12.4. The normalized spacial score (nSPS) is 13.8. The van der Waals surface area contributed by atoms with E-state index in [2.05, 4.69) is 11.7 Å². The standard InChI is InChI=1S/C12H25N3O4/c1-9(10(2)7-15(4)13)6-14(3)12(17)19-8-11(16)18-5/h9-10H,6-8,13H2,1-5H3. The number of amides is 1. The molecule has 2 unspecified atom stereocenters. The van der Waals surface area contributed by atoms with Gasteiger partial charge >= 0.3 is 12.1 Å². The van der Waals surface area contributed by atoms with E-state index < -0.39 is 12.1 Å². The molecule has 0 saturated carbocycles. The van der Waals surface area contributed by atoms with Gasteiger partial charge in [-0.25, -0.2) is 14.6 Å². The number of nitrogens with zero attached hydrogens (tertiary/aromatic N) is 2. The number of ether oxygens (including phenoxy) is 2. The summed E-state index contributed by atoms with van der Waals surface area (Å²) in [7, 11) is 4.68. The minimum atomic E-state index is -0.576. The molecule has 1 amide bonds. The van der Waals surface area contributed by atoms with E-state index in [-0.39, 0.29) is 12.5 Å². The number of esters is 1. The Labute approximate surface area is 114 Å². The van der Waals surface area contributed by atoms with E-state index in [0.717, 1.165) is 6.54 Å². The molecule has 0 aromatic carbocycles. The molecule has 19 heavy (non-hydrogen) atoms. The van der Waals surface area contributed by atoms with Crippen molar-refractivity contribution >= 4 is 12.1 Å². The maximum absolute atomic E-state index is 11.6. The summed E-state index contributed by atoms with van der Waals surface area (Å²) in [5.74, 6) is 5.62. The van der Waals surface area contributed by atoms with Gasteiger partial charge in [-0.15, -0.1) is 0 Å². The molecule has 0 rings (SSSR count). The Morgan fingerprint density at radius 3 is 2.16 bits per heavy atom. The Balaban J connectivity index is 4.10. The topological polar surface area (TPSA) is 85.1 Å². The fourth-order valence-electron chi connectivity index (χ4n) is 1.61. The average Bonchev–Trinajstić information content (AvgIpc) is 2.34. The molecular weight excluding hydrogens is 250 g/mol. The first kappa shape index (κ1) is 17.7. The molecule has 0 radical (unpaired) electrons. The maximum Gasteiger partial charge on any atom is 0.410 e. The molecular formula is C12H25N3O4. The summed E-state index contributed by atoms with van der Waals surface area (Å²) < 4.78 is 9.18. The van der Waals surface area contributed by atoms with Crippen LogP contribution in [-0.4, -0.2) is 62.9 Å². The predicted molar refractivity (Wildman–Crippen MR) is 71.1 cm³/mol. The van der Waals surface area contributed by atoms with Crippen molar-refractivity contribution in [3.05, 3.63) is 0 Å². The molecule has 112 valence electrons. The van der Waals surface area contributed by atoms with Gasteiger partial charge in [0.1, 0.15) is 0 Å². The second kappa shape index (κ2) is 8.71. The number of rotatable bonds is 7. The monoisotopic (exact) mass is 275 g/mol. The zero-order valence-electron chi connectivity index (χ0n) is 12.4. The van der Waals surface area contributed by atoms with Gasteiger partial charge in [0.15, 0.2) is 6.61 Å². The highest BCUT2D eigenvalue weighted by Gasteiger charge is 2.19. The van der Waals surface area contributed by atoms with Crippen LogP contribution in [0.15, 0.2) is 0 Å². The molecule has 0 saturated heterocycles. The molecule has 0 bridgehead atoms. The largest absolute Gasteiger partial charge is 0.466 e. The number of hydrogen-bond donors (Lipinski definition) is 1. The van der Waals surface area contributed by atoms with Crippen LogP contribution in [0.2, 0.25) is 0 Å². The quantitative estimate of drug-likeness (QED) is 0.409. The summed E-state index contributed by atoms with van der Waals surface area (Å²) in [6.45, 7) is 5.02. The lowest BCUT2D eigenvalue weighted by molar-refractivity contribution is -0.144. The first-order valence-electron chi connectivity index (χ1n) is 6.18. The highest BCUT2D eigenvalue weighted by Crippen LogP contribution is 2.12. The summed E-state index contributed by atoms with van der Waals surface area (Å²) >= 11 is 0. The highest BCUT2D eigenvalue weighted by molar-refractivity contribution is 5.75. The van der Waals surface area contributed by atoms with Gasteiger partial charge in [-0.1, -0.05) is 13.8 Å². The van der Waals surface area contributed by atoms with Crippen molar-refractivity contribution in [2.75, 3.05) is 40.9 Å². The molecule has 2 N–H and O–H groups in total. The number of hydrogen-bond acceptors (Lipinski definition) is 6. The van der Waals surface area contributed by atoms with Crippen LogP contribution in [0, 0.1) is 11.8 Å². The van der Waals surface area contributed by atoms with Gasteiger partial charge in [-0.2, -0.15) is 0 Å². The first-order valence-corrected chi connectivity index (χ1v) is 6.18. The van der Waals surface area contributed by atoms with Crippen LogP contribution in [-0.2, 0) is 14.3 Å². The SMILES string of the molecule is COC(=O)COC(=O)N(C)CC(C)C(C)CN(C)N. The lowest BCUT2D eigenvalue weighted by atomic mass is 9.95. The summed E-state index contributed by atoms with van der Waals surface area (Å²) in [6.07, 6.45) is -0.537. The Bertz CT molecular complexity index is 297. The van der Waals surface area contributed by atoms with Gasteiger partial charge in [-0.3, -0.25) is 5.84 Å². The molecule has 0 heterocycles. The molecule has 0 aromatic rings. The second-order valence-electron chi connectivity index (χ2n) is 4.91. The van der Waals surface area contributed by atoms with Crippen molar-refractivity contribution in [2.24, 2.45) is 17.7 Å². The van der Waals surface area contributed by atoms with Gasteiger partial charge < -0.3 is 14.4 Å². The van der Waals surface area contributed by atoms with Crippen molar-refractivity contribution < 1.29 is 19.1 Å². The summed E-state index contributed by atoms with van der Waals surface area (Å²) in [5, 5.41) is 1.62. The number of nitrogens with two attached hydrogens (primary N) is 1. The van der Waals surface area contributed by atoms with Gasteiger partial charge in [-0.05, 0) is 11.8 Å². The van der Waals surface area contributed by atoms with Crippen molar-refractivity contribution in [1.29, 1.82) is 0 Å². The lowest BCUT2D eigenvalue weighted by Crippen LogP contribution is -2.38. The third kappa shape index (κ3) is 7.63. The van der Waals surface area contributed by atoms with E-state index >= 15 is 0 Å². The maximum atomic E-state index is 11.6. The molecule has 0 spiro atoms. The third-order valence-corrected chi connectivity index (χ3v) is 2.96. The summed E-state index contributed by atoms with van der Waals surface area (Å²) in [5.41, 5.74) is 0. The smallest absolute Gasteiger partial charge is 0.410 e.